The molecule has 0 aromatic heterocycles. The normalized spacial score (nSPS) is 12.8. The standard InChI is InChI=1S/C12H16F3NO/c1-11(2,8-16)17-7-9-4-3-5-10(6-9)12(13,14)15/h3-6H,7-8,16H2,1-2H3. The minimum atomic E-state index is -4.32. The van der Waals surface area contributed by atoms with Gasteiger partial charge in [0, 0.05) is 6.54 Å². The summed E-state index contributed by atoms with van der Waals surface area (Å²) in [5, 5.41) is 0. The van der Waals surface area contributed by atoms with Crippen LogP contribution in [0.3, 0.4) is 0 Å². The molecular weight excluding hydrogens is 231 g/mol. The van der Waals surface area contributed by atoms with Crippen LogP contribution in [-0.4, -0.2) is 12.1 Å². The minimum Gasteiger partial charge on any atom is -0.370 e. The van der Waals surface area contributed by atoms with Crippen molar-refractivity contribution < 1.29 is 17.9 Å². The highest BCUT2D eigenvalue weighted by Crippen LogP contribution is 2.29. The molecule has 0 unspecified atom stereocenters. The summed E-state index contributed by atoms with van der Waals surface area (Å²) in [6.45, 7) is 4.02. The molecule has 0 spiro atoms. The lowest BCUT2D eigenvalue weighted by Gasteiger charge is -2.23. The van der Waals surface area contributed by atoms with Crippen molar-refractivity contribution in [1.29, 1.82) is 0 Å². The number of ether oxygens (including phenoxy) is 1. The minimum absolute atomic E-state index is 0.119. The number of benzene rings is 1. The van der Waals surface area contributed by atoms with E-state index in [1.165, 1.54) is 6.07 Å². The smallest absolute Gasteiger partial charge is 0.370 e. The quantitative estimate of drug-likeness (QED) is 0.887. The predicted octanol–water partition coefficient (Wildman–Crippen LogP) is 2.96. The first-order valence-electron chi connectivity index (χ1n) is 5.25. The van der Waals surface area contributed by atoms with E-state index in [1.54, 1.807) is 19.9 Å². The molecule has 0 bridgehead atoms. The Labute approximate surface area is 98.6 Å². The zero-order valence-corrected chi connectivity index (χ0v) is 9.84. The lowest BCUT2D eigenvalue weighted by Crippen LogP contribution is -2.33. The molecule has 2 nitrogen and oxygen atoms in total. The molecule has 0 saturated carbocycles. The van der Waals surface area contributed by atoms with Crippen molar-refractivity contribution in [3.8, 4) is 0 Å². The maximum Gasteiger partial charge on any atom is 0.416 e. The summed E-state index contributed by atoms with van der Waals surface area (Å²) in [6.07, 6.45) is -4.32. The second-order valence-electron chi connectivity index (χ2n) is 4.45. The third kappa shape index (κ3) is 4.36. The van der Waals surface area contributed by atoms with E-state index in [1.807, 2.05) is 0 Å². The lowest BCUT2D eigenvalue weighted by molar-refractivity contribution is -0.137. The Morgan fingerprint density at radius 3 is 2.41 bits per heavy atom. The van der Waals surface area contributed by atoms with Gasteiger partial charge in [0.25, 0.3) is 0 Å². The molecule has 1 rings (SSSR count). The highest BCUT2D eigenvalue weighted by molar-refractivity contribution is 5.25. The number of alkyl halides is 3. The molecule has 0 aliphatic heterocycles. The predicted molar refractivity (Wildman–Crippen MR) is 59.4 cm³/mol. The van der Waals surface area contributed by atoms with Gasteiger partial charge in [-0.1, -0.05) is 12.1 Å². The molecule has 0 radical (unpaired) electrons. The van der Waals surface area contributed by atoms with Gasteiger partial charge in [0.2, 0.25) is 0 Å². The van der Waals surface area contributed by atoms with Gasteiger partial charge in [-0.2, -0.15) is 13.2 Å². The van der Waals surface area contributed by atoms with Crippen molar-refractivity contribution in [2.75, 3.05) is 6.54 Å². The van der Waals surface area contributed by atoms with Gasteiger partial charge in [-0.15, -0.1) is 0 Å². The van der Waals surface area contributed by atoms with Crippen LogP contribution in [0.4, 0.5) is 13.2 Å². The second kappa shape index (κ2) is 5.06. The Hall–Kier alpha value is -1.07. The number of nitrogens with two attached hydrogens (primary N) is 1. The van der Waals surface area contributed by atoms with Crippen molar-refractivity contribution in [2.24, 2.45) is 5.73 Å². The first-order valence-corrected chi connectivity index (χ1v) is 5.25. The number of halogens is 3. The maximum atomic E-state index is 12.4. The van der Waals surface area contributed by atoms with Crippen LogP contribution in [0.25, 0.3) is 0 Å². The van der Waals surface area contributed by atoms with E-state index < -0.39 is 17.3 Å². The SMILES string of the molecule is CC(C)(CN)OCc1cccc(C(F)(F)F)c1. The van der Waals surface area contributed by atoms with Gasteiger partial charge in [-0.3, -0.25) is 0 Å². The fourth-order valence-electron chi connectivity index (χ4n) is 1.18. The Bertz CT molecular complexity index is 374. The van der Waals surface area contributed by atoms with Crippen LogP contribution in [-0.2, 0) is 17.5 Å². The van der Waals surface area contributed by atoms with Crippen molar-refractivity contribution in [2.45, 2.75) is 32.2 Å². The van der Waals surface area contributed by atoms with Crippen LogP contribution in [0.5, 0.6) is 0 Å². The molecule has 2 N–H and O–H groups in total. The third-order valence-electron chi connectivity index (χ3n) is 2.38. The number of hydrogen-bond donors (Lipinski definition) is 1. The van der Waals surface area contributed by atoms with Crippen LogP contribution in [0.15, 0.2) is 24.3 Å². The van der Waals surface area contributed by atoms with E-state index in [-0.39, 0.29) is 6.61 Å². The summed E-state index contributed by atoms with van der Waals surface area (Å²) in [6, 6.07) is 5.10. The molecule has 96 valence electrons. The first kappa shape index (κ1) is 14.0. The van der Waals surface area contributed by atoms with E-state index in [0.717, 1.165) is 12.1 Å². The van der Waals surface area contributed by atoms with Crippen LogP contribution >= 0.6 is 0 Å². The second-order valence-corrected chi connectivity index (χ2v) is 4.45. The number of hydrogen-bond acceptors (Lipinski definition) is 2. The third-order valence-corrected chi connectivity index (χ3v) is 2.38. The molecule has 0 aliphatic rings. The van der Waals surface area contributed by atoms with Gasteiger partial charge in [-0.25, -0.2) is 0 Å². The Morgan fingerprint density at radius 2 is 1.88 bits per heavy atom. The van der Waals surface area contributed by atoms with Crippen molar-refractivity contribution in [3.63, 3.8) is 0 Å². The van der Waals surface area contributed by atoms with Gasteiger partial charge < -0.3 is 10.5 Å². The van der Waals surface area contributed by atoms with Gasteiger partial charge in [-0.05, 0) is 31.5 Å². The monoisotopic (exact) mass is 247 g/mol. The van der Waals surface area contributed by atoms with Crippen LogP contribution < -0.4 is 5.73 Å². The van der Waals surface area contributed by atoms with E-state index in [4.69, 9.17) is 10.5 Å². The van der Waals surface area contributed by atoms with Gasteiger partial charge >= 0.3 is 6.18 Å². The summed E-state index contributed by atoms with van der Waals surface area (Å²) in [5.74, 6) is 0. The maximum absolute atomic E-state index is 12.4. The Kier molecular flexibility index (Phi) is 4.16. The fourth-order valence-corrected chi connectivity index (χ4v) is 1.18. The molecule has 0 saturated heterocycles. The van der Waals surface area contributed by atoms with Crippen LogP contribution in [0.1, 0.15) is 25.0 Å². The summed E-state index contributed by atoms with van der Waals surface area (Å²) in [4.78, 5) is 0. The van der Waals surface area contributed by atoms with E-state index in [9.17, 15) is 13.2 Å². The largest absolute Gasteiger partial charge is 0.416 e. The zero-order chi connectivity index (χ0) is 13.1. The van der Waals surface area contributed by atoms with E-state index in [2.05, 4.69) is 0 Å². The molecule has 0 aliphatic carbocycles. The lowest BCUT2D eigenvalue weighted by atomic mass is 10.1. The van der Waals surface area contributed by atoms with Crippen LogP contribution in [0.2, 0.25) is 0 Å². The molecule has 1 aromatic rings. The van der Waals surface area contributed by atoms with E-state index >= 15 is 0 Å². The molecule has 0 amide bonds. The fraction of sp³-hybridized carbons (Fsp3) is 0.500. The summed E-state index contributed by atoms with van der Waals surface area (Å²) < 4.78 is 42.8. The Balaban J connectivity index is 2.74. The highest BCUT2D eigenvalue weighted by Gasteiger charge is 2.30. The first-order chi connectivity index (χ1) is 7.74. The van der Waals surface area contributed by atoms with Crippen molar-refractivity contribution in [3.05, 3.63) is 35.4 Å². The van der Waals surface area contributed by atoms with Crippen LogP contribution in [0, 0.1) is 0 Å². The molecule has 17 heavy (non-hydrogen) atoms. The van der Waals surface area contributed by atoms with Gasteiger partial charge in [0.1, 0.15) is 0 Å². The zero-order valence-electron chi connectivity index (χ0n) is 9.84. The Morgan fingerprint density at radius 1 is 1.24 bits per heavy atom. The van der Waals surface area contributed by atoms with Crippen molar-refractivity contribution >= 4 is 0 Å². The van der Waals surface area contributed by atoms with Crippen molar-refractivity contribution in [1.82, 2.24) is 0 Å². The topological polar surface area (TPSA) is 35.2 Å². The highest BCUT2D eigenvalue weighted by atomic mass is 19.4. The molecule has 5 heteroatoms. The molecule has 0 atom stereocenters. The molecule has 0 fully saturated rings. The number of rotatable bonds is 4. The average molecular weight is 247 g/mol. The molecule has 0 heterocycles. The molecular formula is C12H16F3NO. The summed E-state index contributed by atoms with van der Waals surface area (Å²) in [7, 11) is 0. The average Bonchev–Trinajstić information content (AvgIpc) is 2.26. The molecule has 1 aromatic carbocycles. The summed E-state index contributed by atoms with van der Waals surface area (Å²) >= 11 is 0. The van der Waals surface area contributed by atoms with Gasteiger partial charge in [0.05, 0.1) is 17.8 Å². The van der Waals surface area contributed by atoms with Gasteiger partial charge in [0.15, 0.2) is 0 Å². The van der Waals surface area contributed by atoms with E-state index in [0.29, 0.717) is 12.1 Å². The summed E-state index contributed by atoms with van der Waals surface area (Å²) in [5.41, 5.74) is 4.76.